The molecule has 4 rings (SSSR count). The predicted molar refractivity (Wildman–Crippen MR) is 130 cm³/mol. The zero-order valence-electron chi connectivity index (χ0n) is 19.4. The SMILES string of the molecule is COc1ccc(NCc2nnc(SCC(=O)N3CCc4cc(OC)c(OC)cc4C3)n2N)cc1. The second kappa shape index (κ2) is 10.6. The summed E-state index contributed by atoms with van der Waals surface area (Å²) in [6, 6.07) is 11.5. The Morgan fingerprint density at radius 2 is 1.76 bits per heavy atom. The van der Waals surface area contributed by atoms with Crippen molar-refractivity contribution in [2.75, 3.05) is 44.8 Å². The van der Waals surface area contributed by atoms with Crippen LogP contribution in [0.3, 0.4) is 0 Å². The lowest BCUT2D eigenvalue weighted by molar-refractivity contribution is -0.129. The number of thioether (sulfide) groups is 1. The first-order valence-electron chi connectivity index (χ1n) is 10.7. The number of hydrogen-bond donors (Lipinski definition) is 2. The minimum absolute atomic E-state index is 0.0198. The first-order chi connectivity index (χ1) is 16.5. The predicted octanol–water partition coefficient (Wildman–Crippen LogP) is 2.31. The molecule has 3 N–H and O–H groups in total. The van der Waals surface area contributed by atoms with Gasteiger partial charge in [-0.3, -0.25) is 4.79 Å². The van der Waals surface area contributed by atoms with Crippen LogP contribution in [-0.4, -0.2) is 59.3 Å². The number of rotatable bonds is 9. The van der Waals surface area contributed by atoms with Crippen molar-refractivity contribution in [3.63, 3.8) is 0 Å². The number of fused-ring (bicyclic) bond motifs is 1. The molecule has 2 aromatic carbocycles. The van der Waals surface area contributed by atoms with Gasteiger partial charge in [0.25, 0.3) is 0 Å². The molecule has 0 bridgehead atoms. The van der Waals surface area contributed by atoms with E-state index in [9.17, 15) is 4.79 Å². The number of nitrogens with two attached hydrogens (primary N) is 1. The minimum Gasteiger partial charge on any atom is -0.497 e. The Balaban J connectivity index is 1.32. The van der Waals surface area contributed by atoms with Crippen LogP contribution in [-0.2, 0) is 24.3 Å². The van der Waals surface area contributed by atoms with Gasteiger partial charge in [0.2, 0.25) is 11.1 Å². The number of nitrogens with one attached hydrogen (secondary N) is 1. The smallest absolute Gasteiger partial charge is 0.233 e. The summed E-state index contributed by atoms with van der Waals surface area (Å²) in [5.74, 6) is 9.13. The van der Waals surface area contributed by atoms with E-state index in [1.807, 2.05) is 41.3 Å². The highest BCUT2D eigenvalue weighted by Crippen LogP contribution is 2.33. The second-order valence-electron chi connectivity index (χ2n) is 7.68. The molecule has 10 nitrogen and oxygen atoms in total. The number of ether oxygens (including phenoxy) is 3. The summed E-state index contributed by atoms with van der Waals surface area (Å²) in [7, 11) is 4.86. The maximum absolute atomic E-state index is 12.9. The van der Waals surface area contributed by atoms with Crippen molar-refractivity contribution in [3.8, 4) is 17.2 Å². The van der Waals surface area contributed by atoms with Gasteiger partial charge in [-0.2, -0.15) is 0 Å². The fraction of sp³-hybridized carbons (Fsp3) is 0.348. The highest BCUT2D eigenvalue weighted by molar-refractivity contribution is 7.99. The molecule has 2 heterocycles. The third kappa shape index (κ3) is 5.14. The van der Waals surface area contributed by atoms with E-state index in [-0.39, 0.29) is 11.7 Å². The molecule has 0 atom stereocenters. The van der Waals surface area contributed by atoms with Gasteiger partial charge in [0, 0.05) is 18.8 Å². The number of carbonyl (C=O) groups is 1. The number of carbonyl (C=O) groups excluding carboxylic acids is 1. The highest BCUT2D eigenvalue weighted by atomic mass is 32.2. The van der Waals surface area contributed by atoms with Crippen molar-refractivity contribution < 1.29 is 19.0 Å². The van der Waals surface area contributed by atoms with E-state index in [1.165, 1.54) is 22.0 Å². The fourth-order valence-electron chi connectivity index (χ4n) is 3.73. The van der Waals surface area contributed by atoms with Crippen LogP contribution in [0.25, 0.3) is 0 Å². The van der Waals surface area contributed by atoms with Crippen molar-refractivity contribution in [3.05, 3.63) is 53.3 Å². The van der Waals surface area contributed by atoms with E-state index in [0.717, 1.165) is 23.4 Å². The van der Waals surface area contributed by atoms with Gasteiger partial charge in [0.05, 0.1) is 33.6 Å². The largest absolute Gasteiger partial charge is 0.497 e. The Morgan fingerprint density at radius 1 is 1.06 bits per heavy atom. The molecule has 1 aromatic heterocycles. The van der Waals surface area contributed by atoms with E-state index >= 15 is 0 Å². The van der Waals surface area contributed by atoms with Gasteiger partial charge in [0.1, 0.15) is 5.75 Å². The number of aromatic nitrogens is 3. The molecule has 0 unspecified atom stereocenters. The van der Waals surface area contributed by atoms with Crippen molar-refractivity contribution in [2.24, 2.45) is 0 Å². The second-order valence-corrected chi connectivity index (χ2v) is 8.62. The standard InChI is InChI=1S/C23H28N6O4S/c1-31-18-6-4-17(5-7-18)25-12-21-26-27-23(29(21)24)34-14-22(30)28-9-8-15-10-19(32-2)20(33-3)11-16(15)13-28/h4-7,10-11,25H,8-9,12-14,24H2,1-3H3. The zero-order chi connectivity index (χ0) is 24.1. The quantitative estimate of drug-likeness (QED) is 0.348. The van der Waals surface area contributed by atoms with E-state index in [1.54, 1.807) is 21.3 Å². The molecular formula is C23H28N6O4S. The molecule has 34 heavy (non-hydrogen) atoms. The number of nitrogen functional groups attached to an aromatic ring is 1. The lowest BCUT2D eigenvalue weighted by atomic mass is 9.99. The molecule has 0 radical (unpaired) electrons. The Labute approximate surface area is 202 Å². The summed E-state index contributed by atoms with van der Waals surface area (Å²) in [5.41, 5.74) is 3.15. The monoisotopic (exact) mass is 484 g/mol. The number of anilines is 1. The average Bonchev–Trinajstić information content (AvgIpc) is 3.23. The van der Waals surface area contributed by atoms with Gasteiger partial charge >= 0.3 is 0 Å². The summed E-state index contributed by atoms with van der Waals surface area (Å²) in [5, 5.41) is 12.0. The van der Waals surface area contributed by atoms with Gasteiger partial charge in [-0.25, -0.2) is 4.68 Å². The van der Waals surface area contributed by atoms with Gasteiger partial charge in [-0.1, -0.05) is 11.8 Å². The Morgan fingerprint density at radius 3 is 2.44 bits per heavy atom. The summed E-state index contributed by atoms with van der Waals surface area (Å²) < 4.78 is 17.4. The van der Waals surface area contributed by atoms with Gasteiger partial charge in [-0.05, 0) is 53.9 Å². The van der Waals surface area contributed by atoms with Gasteiger partial charge in [-0.15, -0.1) is 10.2 Å². The molecule has 0 fully saturated rings. The number of nitrogens with zero attached hydrogens (tertiary/aromatic N) is 4. The number of amides is 1. The molecule has 3 aromatic rings. The van der Waals surface area contributed by atoms with E-state index in [2.05, 4.69) is 15.5 Å². The molecule has 0 aliphatic carbocycles. The molecule has 0 saturated heterocycles. The Bertz CT molecular complexity index is 1150. The summed E-state index contributed by atoms with van der Waals surface area (Å²) in [6.07, 6.45) is 0.764. The Kier molecular flexibility index (Phi) is 7.31. The van der Waals surface area contributed by atoms with Crippen LogP contribution in [0.4, 0.5) is 5.69 Å². The highest BCUT2D eigenvalue weighted by Gasteiger charge is 2.23. The summed E-state index contributed by atoms with van der Waals surface area (Å²) in [4.78, 5) is 14.7. The number of methoxy groups -OCH3 is 3. The molecule has 1 amide bonds. The molecule has 0 spiro atoms. The van der Waals surface area contributed by atoms with Crippen LogP contribution >= 0.6 is 11.8 Å². The van der Waals surface area contributed by atoms with E-state index < -0.39 is 0 Å². The number of benzene rings is 2. The minimum atomic E-state index is 0.0198. The summed E-state index contributed by atoms with van der Waals surface area (Å²) in [6.45, 7) is 1.58. The normalized spacial score (nSPS) is 12.7. The average molecular weight is 485 g/mol. The molecule has 1 aliphatic rings. The first kappa shape index (κ1) is 23.6. The topological polar surface area (TPSA) is 117 Å². The van der Waals surface area contributed by atoms with Crippen molar-refractivity contribution in [1.82, 2.24) is 19.8 Å². The van der Waals surface area contributed by atoms with Crippen molar-refractivity contribution in [2.45, 2.75) is 24.7 Å². The first-order valence-corrected chi connectivity index (χ1v) is 11.7. The maximum atomic E-state index is 12.9. The van der Waals surface area contributed by atoms with Crippen LogP contribution in [0.15, 0.2) is 41.6 Å². The van der Waals surface area contributed by atoms with Crippen LogP contribution in [0.2, 0.25) is 0 Å². The molecule has 0 saturated carbocycles. The third-order valence-corrected chi connectivity index (χ3v) is 6.60. The lowest BCUT2D eigenvalue weighted by Crippen LogP contribution is -2.37. The number of hydrogen-bond acceptors (Lipinski definition) is 9. The lowest BCUT2D eigenvalue weighted by Gasteiger charge is -2.29. The molecule has 11 heteroatoms. The van der Waals surface area contributed by atoms with Crippen LogP contribution < -0.4 is 25.4 Å². The zero-order valence-corrected chi connectivity index (χ0v) is 20.2. The van der Waals surface area contributed by atoms with Crippen LogP contribution in [0.5, 0.6) is 17.2 Å². The van der Waals surface area contributed by atoms with Gasteiger partial charge in [0.15, 0.2) is 17.3 Å². The van der Waals surface area contributed by atoms with Gasteiger partial charge < -0.3 is 30.3 Å². The Hall–Kier alpha value is -3.60. The third-order valence-electron chi connectivity index (χ3n) is 5.67. The molecule has 180 valence electrons. The van der Waals surface area contributed by atoms with Crippen molar-refractivity contribution in [1.29, 1.82) is 0 Å². The summed E-state index contributed by atoms with van der Waals surface area (Å²) >= 11 is 1.28. The fourth-order valence-corrected chi connectivity index (χ4v) is 4.51. The molecular weight excluding hydrogens is 456 g/mol. The van der Waals surface area contributed by atoms with Crippen molar-refractivity contribution >= 4 is 23.4 Å². The van der Waals surface area contributed by atoms with Crippen LogP contribution in [0.1, 0.15) is 17.0 Å². The van der Waals surface area contributed by atoms with E-state index in [4.69, 9.17) is 20.1 Å². The van der Waals surface area contributed by atoms with Crippen LogP contribution in [0, 0.1) is 0 Å². The van der Waals surface area contributed by atoms with E-state index in [0.29, 0.717) is 42.1 Å². The molecule has 1 aliphatic heterocycles. The maximum Gasteiger partial charge on any atom is 0.233 e.